The second-order valence-corrected chi connectivity index (χ2v) is 4.04. The van der Waals surface area contributed by atoms with Crippen LogP contribution in [-0.4, -0.2) is 40.3 Å². The molecule has 0 spiro atoms. The van der Waals surface area contributed by atoms with Gasteiger partial charge in [-0.3, -0.25) is 19.8 Å². The molecule has 0 saturated carbocycles. The highest BCUT2D eigenvalue weighted by Crippen LogP contribution is 2.16. The van der Waals surface area contributed by atoms with E-state index in [-0.39, 0.29) is 30.7 Å². The molecule has 1 saturated heterocycles. The van der Waals surface area contributed by atoms with E-state index in [1.165, 1.54) is 29.2 Å². The molecule has 1 aromatic rings. The van der Waals surface area contributed by atoms with E-state index < -0.39 is 4.92 Å². The molecule has 0 unspecified atom stereocenters. The smallest absolute Gasteiger partial charge is 0.318 e. The summed E-state index contributed by atoms with van der Waals surface area (Å²) >= 11 is 0. The van der Waals surface area contributed by atoms with Crippen molar-refractivity contribution >= 4 is 17.6 Å². The van der Waals surface area contributed by atoms with Gasteiger partial charge in [0.15, 0.2) is 0 Å². The van der Waals surface area contributed by atoms with Gasteiger partial charge in [-0.15, -0.1) is 0 Å². The molecule has 1 aromatic carbocycles. The monoisotopic (exact) mass is 249 g/mol. The normalized spacial score (nSPS) is 15.4. The topological polar surface area (TPSA) is 83.8 Å². The molecule has 0 bridgehead atoms. The highest BCUT2D eigenvalue weighted by Gasteiger charge is 2.33. The van der Waals surface area contributed by atoms with Crippen LogP contribution in [0, 0.1) is 10.1 Å². The summed E-state index contributed by atoms with van der Waals surface area (Å²) in [5.41, 5.74) is 0.660. The average Bonchev–Trinajstić information content (AvgIpc) is 2.57. The summed E-state index contributed by atoms with van der Waals surface area (Å²) in [6.45, 7) is 0.214. The van der Waals surface area contributed by atoms with Gasteiger partial charge < -0.3 is 4.90 Å². The number of non-ortho nitro benzene ring substituents is 1. The van der Waals surface area contributed by atoms with Crippen molar-refractivity contribution in [2.24, 2.45) is 0 Å². The fraction of sp³-hybridized carbons (Fsp3) is 0.273. The van der Waals surface area contributed by atoms with Gasteiger partial charge in [0.2, 0.25) is 0 Å². The summed E-state index contributed by atoms with van der Waals surface area (Å²) < 4.78 is 0. The van der Waals surface area contributed by atoms with E-state index in [9.17, 15) is 19.7 Å². The number of imide groups is 1. The molecule has 18 heavy (non-hydrogen) atoms. The van der Waals surface area contributed by atoms with Crippen LogP contribution in [0.25, 0.3) is 0 Å². The third-order valence-electron chi connectivity index (χ3n) is 2.72. The minimum atomic E-state index is -0.496. The van der Waals surface area contributed by atoms with Crippen molar-refractivity contribution in [1.82, 2.24) is 9.80 Å². The first kappa shape index (κ1) is 12.0. The second kappa shape index (κ2) is 4.44. The zero-order chi connectivity index (χ0) is 13.3. The van der Waals surface area contributed by atoms with Crippen molar-refractivity contribution in [3.05, 3.63) is 39.9 Å². The molecule has 3 amide bonds. The third kappa shape index (κ3) is 2.15. The molecule has 94 valence electrons. The SMILES string of the molecule is CN1CC(=O)N(Cc2ccc([N+](=O)[O-])cc2)C1=O. The van der Waals surface area contributed by atoms with Crippen LogP contribution in [0.15, 0.2) is 24.3 Å². The number of amides is 3. The molecule has 7 nitrogen and oxygen atoms in total. The zero-order valence-corrected chi connectivity index (χ0v) is 9.70. The third-order valence-corrected chi connectivity index (χ3v) is 2.72. The predicted octanol–water partition coefficient (Wildman–Crippen LogP) is 0.989. The summed E-state index contributed by atoms with van der Waals surface area (Å²) in [6, 6.07) is 5.43. The lowest BCUT2D eigenvalue weighted by molar-refractivity contribution is -0.384. The minimum absolute atomic E-state index is 0.0186. The number of rotatable bonds is 3. The van der Waals surface area contributed by atoms with Gasteiger partial charge in [0.05, 0.1) is 11.5 Å². The maximum atomic E-state index is 11.6. The van der Waals surface area contributed by atoms with Crippen molar-refractivity contribution in [1.29, 1.82) is 0 Å². The van der Waals surface area contributed by atoms with Gasteiger partial charge >= 0.3 is 6.03 Å². The largest absolute Gasteiger partial charge is 0.327 e. The molecule has 0 aromatic heterocycles. The summed E-state index contributed by atoms with van der Waals surface area (Å²) in [5.74, 6) is -0.263. The number of likely N-dealkylation sites (N-methyl/N-ethyl adjacent to an activating group) is 1. The fourth-order valence-electron chi connectivity index (χ4n) is 1.73. The summed E-state index contributed by atoms with van der Waals surface area (Å²) in [5, 5.41) is 10.5. The molecule has 1 heterocycles. The van der Waals surface area contributed by atoms with Gasteiger partial charge in [-0.25, -0.2) is 4.79 Å². The number of benzene rings is 1. The van der Waals surface area contributed by atoms with Crippen LogP contribution in [0.4, 0.5) is 10.5 Å². The molecule has 1 fully saturated rings. The number of urea groups is 1. The van der Waals surface area contributed by atoms with Crippen molar-refractivity contribution in [2.75, 3.05) is 13.6 Å². The Morgan fingerprint density at radius 1 is 1.28 bits per heavy atom. The number of carbonyl (C=O) groups excluding carboxylic acids is 2. The molecule has 0 N–H and O–H groups in total. The van der Waals surface area contributed by atoms with Gasteiger partial charge in [-0.2, -0.15) is 0 Å². The molecule has 0 radical (unpaired) electrons. The lowest BCUT2D eigenvalue weighted by Gasteiger charge is -2.13. The Labute approximate surface area is 103 Å². The molecular formula is C11H11N3O4. The molecule has 0 atom stereocenters. The van der Waals surface area contributed by atoms with E-state index in [2.05, 4.69) is 0 Å². The van der Waals surface area contributed by atoms with Gasteiger partial charge in [-0.1, -0.05) is 12.1 Å². The summed E-state index contributed by atoms with van der Waals surface area (Å²) in [7, 11) is 1.55. The number of nitro groups is 1. The molecule has 1 aliphatic heterocycles. The average molecular weight is 249 g/mol. The Balaban J connectivity index is 2.12. The van der Waals surface area contributed by atoms with Crippen molar-refractivity contribution < 1.29 is 14.5 Å². The van der Waals surface area contributed by atoms with Gasteiger partial charge in [-0.05, 0) is 5.56 Å². The van der Waals surface area contributed by atoms with Gasteiger partial charge in [0.25, 0.3) is 11.6 Å². The van der Waals surface area contributed by atoms with Crippen LogP contribution in [0.2, 0.25) is 0 Å². The number of nitro benzene ring substituents is 1. The number of hydrogen-bond acceptors (Lipinski definition) is 4. The van der Waals surface area contributed by atoms with E-state index in [1.807, 2.05) is 0 Å². The van der Waals surface area contributed by atoms with Crippen LogP contribution >= 0.6 is 0 Å². The van der Waals surface area contributed by atoms with Crippen molar-refractivity contribution in [3.8, 4) is 0 Å². The van der Waals surface area contributed by atoms with Crippen molar-refractivity contribution in [3.63, 3.8) is 0 Å². The van der Waals surface area contributed by atoms with E-state index >= 15 is 0 Å². The Hall–Kier alpha value is -2.44. The van der Waals surface area contributed by atoms with Crippen LogP contribution in [0.1, 0.15) is 5.56 Å². The first-order valence-corrected chi connectivity index (χ1v) is 5.28. The quantitative estimate of drug-likeness (QED) is 0.454. The minimum Gasteiger partial charge on any atom is -0.318 e. The van der Waals surface area contributed by atoms with Crippen LogP contribution in [0.5, 0.6) is 0 Å². The number of hydrogen-bond donors (Lipinski definition) is 0. The fourth-order valence-corrected chi connectivity index (χ4v) is 1.73. The highest BCUT2D eigenvalue weighted by atomic mass is 16.6. The number of carbonyl (C=O) groups is 2. The Morgan fingerprint density at radius 2 is 1.89 bits per heavy atom. The van der Waals surface area contributed by atoms with Crippen LogP contribution < -0.4 is 0 Å². The Morgan fingerprint density at radius 3 is 2.33 bits per heavy atom. The first-order chi connectivity index (χ1) is 8.49. The first-order valence-electron chi connectivity index (χ1n) is 5.28. The maximum Gasteiger partial charge on any atom is 0.327 e. The van der Waals surface area contributed by atoms with Crippen LogP contribution in [0.3, 0.4) is 0 Å². The van der Waals surface area contributed by atoms with E-state index in [1.54, 1.807) is 7.05 Å². The summed E-state index contributed by atoms with van der Waals surface area (Å²) in [6.07, 6.45) is 0. The van der Waals surface area contributed by atoms with Crippen LogP contribution in [-0.2, 0) is 11.3 Å². The van der Waals surface area contributed by atoms with E-state index in [0.29, 0.717) is 5.56 Å². The Bertz CT molecular complexity index is 512. The molecule has 1 aliphatic rings. The highest BCUT2D eigenvalue weighted by molar-refractivity contribution is 6.01. The zero-order valence-electron chi connectivity index (χ0n) is 9.70. The predicted molar refractivity (Wildman–Crippen MR) is 61.7 cm³/mol. The van der Waals surface area contributed by atoms with Crippen molar-refractivity contribution in [2.45, 2.75) is 6.54 Å². The standard InChI is InChI=1S/C11H11N3O4/c1-12-7-10(15)13(11(12)16)6-8-2-4-9(5-3-8)14(17)18/h2-5H,6-7H2,1H3. The molecule has 2 rings (SSSR count). The molecule has 0 aliphatic carbocycles. The Kier molecular flexibility index (Phi) is 2.97. The molecular weight excluding hydrogens is 238 g/mol. The lowest BCUT2D eigenvalue weighted by Crippen LogP contribution is -2.30. The second-order valence-electron chi connectivity index (χ2n) is 4.04. The maximum absolute atomic E-state index is 11.6. The number of nitrogens with zero attached hydrogens (tertiary/aromatic N) is 3. The lowest BCUT2D eigenvalue weighted by atomic mass is 10.2. The summed E-state index contributed by atoms with van der Waals surface area (Å²) in [4.78, 5) is 35.6. The van der Waals surface area contributed by atoms with E-state index in [4.69, 9.17) is 0 Å². The molecule has 7 heteroatoms. The van der Waals surface area contributed by atoms with Gasteiger partial charge in [0.1, 0.15) is 6.54 Å². The van der Waals surface area contributed by atoms with E-state index in [0.717, 1.165) is 4.90 Å². The van der Waals surface area contributed by atoms with Gasteiger partial charge in [0, 0.05) is 19.2 Å².